The number of amides is 1. The van der Waals surface area contributed by atoms with Crippen molar-refractivity contribution in [2.24, 2.45) is 5.73 Å². The van der Waals surface area contributed by atoms with Gasteiger partial charge in [0.1, 0.15) is 5.69 Å². The van der Waals surface area contributed by atoms with E-state index in [1.165, 1.54) is 11.0 Å². The minimum atomic E-state index is -0.754. The largest absolute Gasteiger partial charge is 0.371 e. The number of anilines is 1. The number of hydrogen-bond donors (Lipinski definition) is 1. The molecule has 0 saturated heterocycles. The summed E-state index contributed by atoms with van der Waals surface area (Å²) < 4.78 is 0. The summed E-state index contributed by atoms with van der Waals surface area (Å²) in [6, 6.07) is 2.43. The molecule has 1 aromatic rings. The summed E-state index contributed by atoms with van der Waals surface area (Å²) in [4.78, 5) is 22.7. The number of nitro groups is 1. The number of carbonyl (C=O) groups excluding carboxylic acids is 1. The van der Waals surface area contributed by atoms with Crippen LogP contribution < -0.4 is 10.6 Å². The Kier molecular flexibility index (Phi) is 3.34. The summed E-state index contributed by atoms with van der Waals surface area (Å²) >= 11 is 5.86. The first-order valence-corrected chi connectivity index (χ1v) is 4.67. The SMILES string of the molecule is CN(C)c1c(Cl)cc(C(N)=O)cc1[N+](=O)[O-]. The second kappa shape index (κ2) is 4.36. The Balaban J connectivity index is 3.52. The van der Waals surface area contributed by atoms with E-state index in [4.69, 9.17) is 17.3 Å². The van der Waals surface area contributed by atoms with Gasteiger partial charge in [-0.3, -0.25) is 14.9 Å². The van der Waals surface area contributed by atoms with E-state index in [0.717, 1.165) is 6.07 Å². The molecule has 86 valence electrons. The standard InChI is InChI=1S/C9H10ClN3O3/c1-12(2)8-6(10)3-5(9(11)14)4-7(8)13(15)16/h3-4H,1-2H3,(H2,11,14). The summed E-state index contributed by atoms with van der Waals surface area (Å²) in [5.41, 5.74) is 5.06. The van der Waals surface area contributed by atoms with Gasteiger partial charge in [0.05, 0.1) is 9.95 Å². The number of carbonyl (C=O) groups is 1. The molecule has 0 aromatic heterocycles. The van der Waals surface area contributed by atoms with Crippen LogP contribution in [0.25, 0.3) is 0 Å². The fraction of sp³-hybridized carbons (Fsp3) is 0.222. The van der Waals surface area contributed by atoms with Crippen LogP contribution in [0.2, 0.25) is 5.02 Å². The zero-order chi connectivity index (χ0) is 12.5. The quantitative estimate of drug-likeness (QED) is 0.642. The van der Waals surface area contributed by atoms with Gasteiger partial charge in [0.25, 0.3) is 5.69 Å². The highest BCUT2D eigenvalue weighted by molar-refractivity contribution is 6.34. The van der Waals surface area contributed by atoms with Gasteiger partial charge in [0.2, 0.25) is 5.91 Å². The minimum absolute atomic E-state index is 0.0160. The molecule has 6 nitrogen and oxygen atoms in total. The summed E-state index contributed by atoms with van der Waals surface area (Å²) in [6.07, 6.45) is 0. The Morgan fingerprint density at radius 2 is 2.06 bits per heavy atom. The van der Waals surface area contributed by atoms with Crippen LogP contribution in [0.5, 0.6) is 0 Å². The summed E-state index contributed by atoms with van der Waals surface area (Å²) in [5.74, 6) is -0.754. The first-order chi connectivity index (χ1) is 7.34. The molecule has 0 aliphatic carbocycles. The number of nitrogens with two attached hydrogens (primary N) is 1. The lowest BCUT2D eigenvalue weighted by Crippen LogP contribution is -2.15. The molecule has 2 N–H and O–H groups in total. The number of rotatable bonds is 3. The van der Waals surface area contributed by atoms with Crippen molar-refractivity contribution in [3.8, 4) is 0 Å². The van der Waals surface area contributed by atoms with Crippen molar-refractivity contribution in [2.75, 3.05) is 19.0 Å². The molecular weight excluding hydrogens is 234 g/mol. The van der Waals surface area contributed by atoms with Crippen LogP contribution in [0.15, 0.2) is 12.1 Å². The van der Waals surface area contributed by atoms with E-state index in [-0.39, 0.29) is 22.0 Å². The van der Waals surface area contributed by atoms with Crippen LogP contribution >= 0.6 is 11.6 Å². The highest BCUT2D eigenvalue weighted by Crippen LogP contribution is 2.35. The van der Waals surface area contributed by atoms with Gasteiger partial charge in [-0.05, 0) is 6.07 Å². The van der Waals surface area contributed by atoms with Gasteiger partial charge in [-0.15, -0.1) is 0 Å². The third-order valence-electron chi connectivity index (χ3n) is 1.97. The third kappa shape index (κ3) is 2.22. The fourth-order valence-electron chi connectivity index (χ4n) is 1.31. The van der Waals surface area contributed by atoms with E-state index in [0.29, 0.717) is 0 Å². The average molecular weight is 244 g/mol. The Labute approximate surface area is 96.7 Å². The molecule has 0 spiro atoms. The average Bonchev–Trinajstić information content (AvgIpc) is 2.15. The lowest BCUT2D eigenvalue weighted by molar-refractivity contribution is -0.384. The van der Waals surface area contributed by atoms with Crippen LogP contribution in [0.1, 0.15) is 10.4 Å². The topological polar surface area (TPSA) is 89.5 Å². The third-order valence-corrected chi connectivity index (χ3v) is 2.26. The number of primary amides is 1. The molecule has 0 unspecified atom stereocenters. The van der Waals surface area contributed by atoms with Crippen LogP contribution in [0.4, 0.5) is 11.4 Å². The number of nitrogens with zero attached hydrogens (tertiary/aromatic N) is 2. The lowest BCUT2D eigenvalue weighted by Gasteiger charge is -2.14. The monoisotopic (exact) mass is 243 g/mol. The van der Waals surface area contributed by atoms with Crippen molar-refractivity contribution in [3.05, 3.63) is 32.8 Å². The van der Waals surface area contributed by atoms with Crippen LogP contribution in [-0.2, 0) is 0 Å². The van der Waals surface area contributed by atoms with Crippen molar-refractivity contribution in [1.29, 1.82) is 0 Å². The maximum absolute atomic E-state index is 10.9. The normalized spacial score (nSPS) is 9.94. The number of nitro benzene ring substituents is 1. The maximum Gasteiger partial charge on any atom is 0.294 e. The fourth-order valence-corrected chi connectivity index (χ4v) is 1.69. The molecule has 0 aliphatic rings. The van der Waals surface area contributed by atoms with Gasteiger partial charge >= 0.3 is 0 Å². The maximum atomic E-state index is 10.9. The van der Waals surface area contributed by atoms with Gasteiger partial charge in [0.15, 0.2) is 0 Å². The molecule has 0 atom stereocenters. The Hall–Kier alpha value is -1.82. The predicted octanol–water partition coefficient (Wildman–Crippen LogP) is 1.41. The van der Waals surface area contributed by atoms with E-state index >= 15 is 0 Å². The van der Waals surface area contributed by atoms with Crippen LogP contribution in [0, 0.1) is 10.1 Å². The Bertz CT molecular complexity index is 460. The van der Waals surface area contributed by atoms with E-state index in [1.807, 2.05) is 0 Å². The Morgan fingerprint density at radius 3 is 2.44 bits per heavy atom. The Morgan fingerprint density at radius 1 is 1.50 bits per heavy atom. The minimum Gasteiger partial charge on any atom is -0.371 e. The molecule has 1 rings (SSSR count). The van der Waals surface area contributed by atoms with Gasteiger partial charge in [-0.2, -0.15) is 0 Å². The predicted molar refractivity (Wildman–Crippen MR) is 61.0 cm³/mol. The molecule has 0 saturated carbocycles. The first-order valence-electron chi connectivity index (χ1n) is 4.29. The molecule has 7 heteroatoms. The molecule has 0 heterocycles. The van der Waals surface area contributed by atoms with E-state index in [1.54, 1.807) is 14.1 Å². The molecule has 1 aromatic carbocycles. The summed E-state index contributed by atoms with van der Waals surface area (Å²) in [7, 11) is 3.25. The molecule has 0 fully saturated rings. The first kappa shape index (κ1) is 12.3. The molecule has 0 aliphatic heterocycles. The summed E-state index contributed by atoms with van der Waals surface area (Å²) in [5, 5.41) is 10.9. The number of benzene rings is 1. The van der Waals surface area contributed by atoms with Gasteiger partial charge < -0.3 is 10.6 Å². The van der Waals surface area contributed by atoms with Gasteiger partial charge in [0, 0.05) is 25.7 Å². The van der Waals surface area contributed by atoms with Crippen LogP contribution in [-0.4, -0.2) is 24.9 Å². The van der Waals surface area contributed by atoms with E-state index in [9.17, 15) is 14.9 Å². The molecule has 16 heavy (non-hydrogen) atoms. The molecular formula is C9H10ClN3O3. The van der Waals surface area contributed by atoms with Crippen LogP contribution in [0.3, 0.4) is 0 Å². The van der Waals surface area contributed by atoms with Crippen molar-refractivity contribution >= 4 is 28.9 Å². The zero-order valence-corrected chi connectivity index (χ0v) is 9.49. The van der Waals surface area contributed by atoms with Crippen molar-refractivity contribution in [2.45, 2.75) is 0 Å². The molecule has 1 amide bonds. The highest BCUT2D eigenvalue weighted by atomic mass is 35.5. The lowest BCUT2D eigenvalue weighted by atomic mass is 10.1. The number of hydrogen-bond acceptors (Lipinski definition) is 4. The highest BCUT2D eigenvalue weighted by Gasteiger charge is 2.21. The number of halogens is 1. The van der Waals surface area contributed by atoms with E-state index < -0.39 is 10.8 Å². The summed E-state index contributed by atoms with van der Waals surface area (Å²) in [6.45, 7) is 0. The van der Waals surface area contributed by atoms with Crippen molar-refractivity contribution in [1.82, 2.24) is 0 Å². The smallest absolute Gasteiger partial charge is 0.294 e. The van der Waals surface area contributed by atoms with Gasteiger partial charge in [-0.1, -0.05) is 11.6 Å². The molecule has 0 bridgehead atoms. The van der Waals surface area contributed by atoms with Gasteiger partial charge in [-0.25, -0.2) is 0 Å². The molecule has 0 radical (unpaired) electrons. The zero-order valence-electron chi connectivity index (χ0n) is 8.73. The van der Waals surface area contributed by atoms with Crippen molar-refractivity contribution in [3.63, 3.8) is 0 Å². The van der Waals surface area contributed by atoms with E-state index in [2.05, 4.69) is 0 Å². The van der Waals surface area contributed by atoms with Crippen molar-refractivity contribution < 1.29 is 9.72 Å². The second-order valence-electron chi connectivity index (χ2n) is 3.34. The second-order valence-corrected chi connectivity index (χ2v) is 3.75.